The standard InChI is InChI=1S/C23H25N5OS/c1-17-7-5-11-20(25-17)26-23(29)19-10-6-12-28(15-19)21-13-24-14-22(27-21)30-16-18-8-3-2-4-9-18/h2-5,7-9,11,13-14,19H,6,10,12,15-16H2,1H3,(H,25,26,29). The maximum atomic E-state index is 12.8. The van der Waals surface area contributed by atoms with Crippen LogP contribution in [0.5, 0.6) is 0 Å². The minimum absolute atomic E-state index is 0.0142. The third kappa shape index (κ3) is 5.36. The monoisotopic (exact) mass is 419 g/mol. The number of thioether (sulfide) groups is 1. The Balaban J connectivity index is 1.38. The predicted octanol–water partition coefficient (Wildman–Crippen LogP) is 4.33. The second-order valence-electron chi connectivity index (χ2n) is 7.43. The summed E-state index contributed by atoms with van der Waals surface area (Å²) in [5.41, 5.74) is 2.15. The molecule has 1 N–H and O–H groups in total. The van der Waals surface area contributed by atoms with E-state index in [0.29, 0.717) is 12.4 Å². The zero-order valence-corrected chi connectivity index (χ0v) is 17.8. The van der Waals surface area contributed by atoms with Crippen molar-refractivity contribution in [3.05, 3.63) is 72.2 Å². The Morgan fingerprint density at radius 1 is 1.13 bits per heavy atom. The summed E-state index contributed by atoms with van der Waals surface area (Å²) in [5, 5.41) is 3.85. The molecule has 1 amide bonds. The van der Waals surface area contributed by atoms with E-state index in [9.17, 15) is 4.79 Å². The Labute approximate surface area is 181 Å². The van der Waals surface area contributed by atoms with Crippen molar-refractivity contribution in [3.63, 3.8) is 0 Å². The van der Waals surface area contributed by atoms with Crippen molar-refractivity contribution in [2.45, 2.75) is 30.5 Å². The van der Waals surface area contributed by atoms with Crippen LogP contribution in [0.1, 0.15) is 24.1 Å². The topological polar surface area (TPSA) is 71.0 Å². The van der Waals surface area contributed by atoms with Gasteiger partial charge in [-0.25, -0.2) is 9.97 Å². The molecule has 0 radical (unpaired) electrons. The maximum Gasteiger partial charge on any atom is 0.230 e. The van der Waals surface area contributed by atoms with E-state index in [0.717, 1.165) is 41.7 Å². The molecular formula is C23H25N5OS. The molecule has 0 spiro atoms. The first kappa shape index (κ1) is 20.3. The molecule has 3 aromatic rings. The molecule has 0 saturated carbocycles. The van der Waals surface area contributed by atoms with Crippen LogP contribution in [0.4, 0.5) is 11.6 Å². The van der Waals surface area contributed by atoms with E-state index in [-0.39, 0.29) is 11.8 Å². The first-order chi connectivity index (χ1) is 14.7. The van der Waals surface area contributed by atoms with Crippen LogP contribution in [-0.2, 0) is 10.5 Å². The van der Waals surface area contributed by atoms with Gasteiger partial charge >= 0.3 is 0 Å². The van der Waals surface area contributed by atoms with Crippen LogP contribution >= 0.6 is 11.8 Å². The molecule has 1 saturated heterocycles. The molecule has 1 aromatic carbocycles. The lowest BCUT2D eigenvalue weighted by atomic mass is 9.97. The van der Waals surface area contributed by atoms with Gasteiger partial charge in [-0.3, -0.25) is 9.78 Å². The van der Waals surface area contributed by atoms with Crippen LogP contribution in [0, 0.1) is 12.8 Å². The van der Waals surface area contributed by atoms with Crippen LogP contribution < -0.4 is 10.2 Å². The molecule has 1 fully saturated rings. The number of hydrogen-bond donors (Lipinski definition) is 1. The van der Waals surface area contributed by atoms with E-state index >= 15 is 0 Å². The molecule has 1 aliphatic heterocycles. The third-order valence-corrected chi connectivity index (χ3v) is 6.06. The molecule has 1 unspecified atom stereocenters. The lowest BCUT2D eigenvalue weighted by molar-refractivity contribution is -0.120. The number of amides is 1. The number of anilines is 2. The highest BCUT2D eigenvalue weighted by Gasteiger charge is 2.27. The molecule has 0 bridgehead atoms. The number of carbonyl (C=O) groups is 1. The van der Waals surface area contributed by atoms with Crippen molar-refractivity contribution in [1.82, 2.24) is 15.0 Å². The number of carbonyl (C=O) groups excluding carboxylic acids is 1. The highest BCUT2D eigenvalue weighted by Crippen LogP contribution is 2.26. The van der Waals surface area contributed by atoms with Crippen molar-refractivity contribution in [3.8, 4) is 0 Å². The number of piperidine rings is 1. The summed E-state index contributed by atoms with van der Waals surface area (Å²) in [6, 6.07) is 16.0. The first-order valence-electron chi connectivity index (χ1n) is 10.2. The van der Waals surface area contributed by atoms with Crippen molar-refractivity contribution in [1.29, 1.82) is 0 Å². The number of benzene rings is 1. The van der Waals surface area contributed by atoms with Gasteiger partial charge < -0.3 is 10.2 Å². The zero-order valence-electron chi connectivity index (χ0n) is 17.0. The highest BCUT2D eigenvalue weighted by molar-refractivity contribution is 7.98. The third-order valence-electron chi connectivity index (χ3n) is 5.09. The van der Waals surface area contributed by atoms with Crippen molar-refractivity contribution in [2.75, 3.05) is 23.3 Å². The fourth-order valence-electron chi connectivity index (χ4n) is 3.53. The Kier molecular flexibility index (Phi) is 6.59. The first-order valence-corrected chi connectivity index (χ1v) is 11.1. The Bertz CT molecular complexity index is 998. The number of pyridine rings is 1. The summed E-state index contributed by atoms with van der Waals surface area (Å²) in [6.07, 6.45) is 5.40. The number of nitrogens with zero attached hydrogens (tertiary/aromatic N) is 4. The van der Waals surface area contributed by atoms with E-state index in [1.54, 1.807) is 24.2 Å². The number of nitrogens with one attached hydrogen (secondary N) is 1. The Morgan fingerprint density at radius 2 is 2.00 bits per heavy atom. The van der Waals surface area contributed by atoms with Crippen molar-refractivity contribution in [2.24, 2.45) is 5.92 Å². The summed E-state index contributed by atoms with van der Waals surface area (Å²) < 4.78 is 0. The van der Waals surface area contributed by atoms with E-state index in [4.69, 9.17) is 4.98 Å². The number of aromatic nitrogens is 3. The average molecular weight is 420 g/mol. The smallest absolute Gasteiger partial charge is 0.230 e. The van der Waals surface area contributed by atoms with E-state index in [2.05, 4.69) is 32.3 Å². The molecule has 3 heterocycles. The largest absolute Gasteiger partial charge is 0.355 e. The fraction of sp³-hybridized carbons (Fsp3) is 0.304. The average Bonchev–Trinajstić information content (AvgIpc) is 2.79. The number of aryl methyl sites for hydroxylation is 1. The fourth-order valence-corrected chi connectivity index (χ4v) is 4.33. The summed E-state index contributed by atoms with van der Waals surface area (Å²) in [7, 11) is 0. The second kappa shape index (κ2) is 9.71. The van der Waals surface area contributed by atoms with Crippen LogP contribution in [0.25, 0.3) is 0 Å². The summed E-state index contributed by atoms with van der Waals surface area (Å²) in [4.78, 5) is 28.5. The van der Waals surface area contributed by atoms with Gasteiger partial charge in [-0.05, 0) is 37.5 Å². The molecule has 30 heavy (non-hydrogen) atoms. The van der Waals surface area contributed by atoms with Gasteiger partial charge in [0, 0.05) is 24.5 Å². The normalized spacial score (nSPS) is 16.3. The van der Waals surface area contributed by atoms with Crippen LogP contribution in [0.3, 0.4) is 0 Å². The molecule has 6 nitrogen and oxygen atoms in total. The van der Waals surface area contributed by atoms with Crippen LogP contribution in [-0.4, -0.2) is 33.9 Å². The van der Waals surface area contributed by atoms with Gasteiger partial charge in [0.1, 0.15) is 16.7 Å². The van der Waals surface area contributed by atoms with E-state index in [1.165, 1.54) is 5.56 Å². The summed E-state index contributed by atoms with van der Waals surface area (Å²) in [6.45, 7) is 3.44. The van der Waals surface area contributed by atoms with Gasteiger partial charge in [-0.2, -0.15) is 0 Å². The molecular weight excluding hydrogens is 394 g/mol. The number of rotatable bonds is 6. The second-order valence-corrected chi connectivity index (χ2v) is 8.42. The van der Waals surface area contributed by atoms with E-state index < -0.39 is 0 Å². The predicted molar refractivity (Wildman–Crippen MR) is 121 cm³/mol. The van der Waals surface area contributed by atoms with Gasteiger partial charge in [0.25, 0.3) is 0 Å². The summed E-state index contributed by atoms with van der Waals surface area (Å²) >= 11 is 1.67. The Morgan fingerprint density at radius 3 is 2.83 bits per heavy atom. The highest BCUT2D eigenvalue weighted by atomic mass is 32.2. The van der Waals surface area contributed by atoms with Gasteiger partial charge in [0.15, 0.2) is 0 Å². The molecule has 0 aliphatic carbocycles. The van der Waals surface area contributed by atoms with Crippen molar-refractivity contribution >= 4 is 29.3 Å². The molecule has 154 valence electrons. The van der Waals surface area contributed by atoms with E-state index in [1.807, 2.05) is 43.3 Å². The van der Waals surface area contributed by atoms with Gasteiger partial charge in [0.05, 0.1) is 18.3 Å². The molecule has 1 atom stereocenters. The van der Waals surface area contributed by atoms with Gasteiger partial charge in [-0.1, -0.05) is 36.4 Å². The minimum atomic E-state index is -0.0940. The van der Waals surface area contributed by atoms with Gasteiger partial charge in [0.2, 0.25) is 5.91 Å². The van der Waals surface area contributed by atoms with Crippen LogP contribution in [0.15, 0.2) is 66.0 Å². The van der Waals surface area contributed by atoms with Crippen LogP contribution in [0.2, 0.25) is 0 Å². The molecule has 4 rings (SSSR count). The maximum absolute atomic E-state index is 12.8. The molecule has 7 heteroatoms. The SMILES string of the molecule is Cc1cccc(NC(=O)C2CCCN(c3cncc(SCc4ccccc4)n3)C2)n1. The number of hydrogen-bond acceptors (Lipinski definition) is 6. The Hall–Kier alpha value is -2.93. The lowest BCUT2D eigenvalue weighted by Gasteiger charge is -2.32. The molecule has 2 aromatic heterocycles. The zero-order chi connectivity index (χ0) is 20.8. The quantitative estimate of drug-likeness (QED) is 0.600. The molecule has 1 aliphatic rings. The van der Waals surface area contributed by atoms with Gasteiger partial charge in [-0.15, -0.1) is 11.8 Å². The summed E-state index contributed by atoms with van der Waals surface area (Å²) in [5.74, 6) is 2.22. The minimum Gasteiger partial charge on any atom is -0.355 e. The van der Waals surface area contributed by atoms with Crippen molar-refractivity contribution < 1.29 is 4.79 Å². The lowest BCUT2D eigenvalue weighted by Crippen LogP contribution is -2.41.